The molecule has 1 aromatic carbocycles. The third-order valence-corrected chi connectivity index (χ3v) is 5.71. The first-order valence-corrected chi connectivity index (χ1v) is 9.62. The van der Waals surface area contributed by atoms with Crippen molar-refractivity contribution in [1.82, 2.24) is 19.9 Å². The number of carbonyl (C=O) groups excluding carboxylic acids is 1. The van der Waals surface area contributed by atoms with Gasteiger partial charge < -0.3 is 9.88 Å². The zero-order chi connectivity index (χ0) is 17.4. The summed E-state index contributed by atoms with van der Waals surface area (Å²) in [6.07, 6.45) is 2.48. The summed E-state index contributed by atoms with van der Waals surface area (Å²) in [7, 11) is 0. The van der Waals surface area contributed by atoms with Crippen molar-refractivity contribution in [3.63, 3.8) is 0 Å². The molecule has 0 radical (unpaired) electrons. The lowest BCUT2D eigenvalue weighted by molar-refractivity contribution is -0.131. The molecule has 3 aromatic rings. The number of piperidine rings is 1. The Hall–Kier alpha value is -2.21. The second-order valence-corrected chi connectivity index (χ2v) is 7.87. The maximum Gasteiger partial charge on any atom is 0.228 e. The number of aromatic nitrogens is 3. The highest BCUT2D eigenvalue weighted by atomic mass is 32.1. The van der Waals surface area contributed by atoms with Crippen LogP contribution in [0.5, 0.6) is 0 Å². The van der Waals surface area contributed by atoms with Crippen molar-refractivity contribution in [3.05, 3.63) is 45.7 Å². The minimum atomic E-state index is 0.169. The van der Waals surface area contributed by atoms with Gasteiger partial charge in [0, 0.05) is 24.4 Å². The number of thiazole rings is 1. The van der Waals surface area contributed by atoms with Crippen molar-refractivity contribution in [3.8, 4) is 0 Å². The molecule has 0 saturated carbocycles. The average Bonchev–Trinajstić information content (AvgIpc) is 3.22. The van der Waals surface area contributed by atoms with Gasteiger partial charge in [-0.15, -0.1) is 11.3 Å². The van der Waals surface area contributed by atoms with Crippen molar-refractivity contribution >= 4 is 28.3 Å². The quantitative estimate of drug-likeness (QED) is 0.782. The van der Waals surface area contributed by atoms with Crippen LogP contribution in [0.1, 0.15) is 40.8 Å². The third kappa shape index (κ3) is 3.31. The van der Waals surface area contributed by atoms with E-state index in [-0.39, 0.29) is 11.8 Å². The predicted octanol–water partition coefficient (Wildman–Crippen LogP) is 3.58. The summed E-state index contributed by atoms with van der Waals surface area (Å²) >= 11 is 1.60. The van der Waals surface area contributed by atoms with E-state index in [0.29, 0.717) is 6.42 Å². The number of nitrogens with one attached hydrogen (secondary N) is 1. The molecule has 2 aromatic heterocycles. The molecule has 1 aliphatic rings. The van der Waals surface area contributed by atoms with Crippen molar-refractivity contribution in [2.75, 3.05) is 13.1 Å². The number of aryl methyl sites for hydroxylation is 2. The molecule has 130 valence electrons. The first kappa shape index (κ1) is 16.3. The molecule has 1 saturated heterocycles. The van der Waals surface area contributed by atoms with E-state index in [0.717, 1.165) is 53.5 Å². The summed E-state index contributed by atoms with van der Waals surface area (Å²) in [5, 5.41) is 2.99. The first-order chi connectivity index (χ1) is 12.1. The Bertz CT molecular complexity index is 913. The molecule has 1 unspecified atom stereocenters. The Morgan fingerprint density at radius 3 is 3.00 bits per heavy atom. The van der Waals surface area contributed by atoms with E-state index in [1.807, 2.05) is 23.3 Å². The summed E-state index contributed by atoms with van der Waals surface area (Å²) in [5.41, 5.74) is 4.19. The average molecular weight is 354 g/mol. The zero-order valence-electron chi connectivity index (χ0n) is 14.6. The van der Waals surface area contributed by atoms with Gasteiger partial charge in [0.2, 0.25) is 5.91 Å². The molecule has 0 spiro atoms. The Morgan fingerprint density at radius 2 is 2.24 bits per heavy atom. The molecule has 1 atom stereocenters. The van der Waals surface area contributed by atoms with Crippen LogP contribution < -0.4 is 0 Å². The number of rotatable bonds is 3. The van der Waals surface area contributed by atoms with Gasteiger partial charge in [-0.3, -0.25) is 4.79 Å². The fraction of sp³-hybridized carbons (Fsp3) is 0.421. The fourth-order valence-electron chi connectivity index (χ4n) is 3.57. The summed E-state index contributed by atoms with van der Waals surface area (Å²) in [5.74, 6) is 1.45. The number of hydrogen-bond donors (Lipinski definition) is 1. The van der Waals surface area contributed by atoms with Gasteiger partial charge in [0.15, 0.2) is 0 Å². The second kappa shape index (κ2) is 6.59. The molecule has 3 heterocycles. The summed E-state index contributed by atoms with van der Waals surface area (Å²) in [6.45, 7) is 5.62. The van der Waals surface area contributed by atoms with Gasteiger partial charge in [-0.1, -0.05) is 12.1 Å². The van der Waals surface area contributed by atoms with Crippen LogP contribution in [0.15, 0.2) is 23.6 Å². The van der Waals surface area contributed by atoms with E-state index in [4.69, 9.17) is 4.98 Å². The molecule has 0 bridgehead atoms. The summed E-state index contributed by atoms with van der Waals surface area (Å²) in [6, 6.07) is 6.20. The standard InChI is InChI=1S/C19H22N4OS/c1-12-5-3-7-16-18(12)22-19(21-16)14-6-4-8-23(10-14)17(24)9-15-11-25-13(2)20-15/h3,5,7,11,14H,4,6,8-10H2,1-2H3,(H,21,22). The van der Waals surface area contributed by atoms with Gasteiger partial charge in [0.05, 0.1) is 28.2 Å². The fourth-order valence-corrected chi connectivity index (χ4v) is 4.18. The maximum absolute atomic E-state index is 12.6. The Labute approximate surface area is 151 Å². The van der Waals surface area contributed by atoms with Crippen LogP contribution >= 0.6 is 11.3 Å². The minimum absolute atomic E-state index is 0.169. The number of hydrogen-bond acceptors (Lipinski definition) is 4. The number of amides is 1. The normalized spacial score (nSPS) is 18.0. The molecule has 1 N–H and O–H groups in total. The van der Waals surface area contributed by atoms with E-state index in [1.54, 1.807) is 11.3 Å². The van der Waals surface area contributed by atoms with E-state index < -0.39 is 0 Å². The predicted molar refractivity (Wildman–Crippen MR) is 99.9 cm³/mol. The number of nitrogens with zero attached hydrogens (tertiary/aromatic N) is 3. The number of likely N-dealkylation sites (tertiary alicyclic amines) is 1. The summed E-state index contributed by atoms with van der Waals surface area (Å²) in [4.78, 5) is 27.3. The SMILES string of the molecule is Cc1nc(CC(=O)N2CCCC(c3nc4c(C)cccc4[nH]3)C2)cs1. The molecule has 6 heteroatoms. The Balaban J connectivity index is 1.49. The highest BCUT2D eigenvalue weighted by Gasteiger charge is 2.27. The van der Waals surface area contributed by atoms with E-state index in [1.165, 1.54) is 5.56 Å². The molecule has 0 aliphatic carbocycles. The first-order valence-electron chi connectivity index (χ1n) is 8.74. The molecule has 1 aliphatic heterocycles. The Morgan fingerprint density at radius 1 is 1.36 bits per heavy atom. The van der Waals surface area contributed by atoms with Crippen molar-refractivity contribution in [2.45, 2.75) is 39.0 Å². The summed E-state index contributed by atoms with van der Waals surface area (Å²) < 4.78 is 0. The van der Waals surface area contributed by atoms with Crippen molar-refractivity contribution in [2.24, 2.45) is 0 Å². The van der Waals surface area contributed by atoms with Crippen LogP contribution in [-0.2, 0) is 11.2 Å². The third-order valence-electron chi connectivity index (χ3n) is 4.89. The van der Waals surface area contributed by atoms with Crippen LogP contribution in [0.2, 0.25) is 0 Å². The Kier molecular flexibility index (Phi) is 4.29. The van der Waals surface area contributed by atoms with Crippen molar-refractivity contribution in [1.29, 1.82) is 0 Å². The number of fused-ring (bicyclic) bond motifs is 1. The number of imidazole rings is 1. The highest BCUT2D eigenvalue weighted by molar-refractivity contribution is 7.09. The molecular formula is C19H22N4OS. The topological polar surface area (TPSA) is 61.9 Å². The molecular weight excluding hydrogens is 332 g/mol. The molecule has 1 fully saturated rings. The van der Waals surface area contributed by atoms with Crippen molar-refractivity contribution < 1.29 is 4.79 Å². The van der Waals surface area contributed by atoms with Gasteiger partial charge >= 0.3 is 0 Å². The largest absolute Gasteiger partial charge is 0.342 e. The maximum atomic E-state index is 12.6. The lowest BCUT2D eigenvalue weighted by atomic mass is 9.97. The van der Waals surface area contributed by atoms with Gasteiger partial charge in [-0.2, -0.15) is 0 Å². The number of carbonyl (C=O) groups is 1. The van der Waals surface area contributed by atoms with Gasteiger partial charge in [-0.05, 0) is 38.3 Å². The van der Waals surface area contributed by atoms with Gasteiger partial charge in [-0.25, -0.2) is 9.97 Å². The number of para-hydroxylation sites is 1. The molecule has 4 rings (SSSR count). The molecule has 1 amide bonds. The van der Waals surface area contributed by atoms with Crippen LogP contribution in [0, 0.1) is 13.8 Å². The van der Waals surface area contributed by atoms with Gasteiger partial charge in [0.25, 0.3) is 0 Å². The minimum Gasteiger partial charge on any atom is -0.342 e. The van der Waals surface area contributed by atoms with E-state index in [9.17, 15) is 4.79 Å². The van der Waals surface area contributed by atoms with Crippen LogP contribution in [-0.4, -0.2) is 38.8 Å². The second-order valence-electron chi connectivity index (χ2n) is 6.81. The number of aromatic amines is 1. The van der Waals surface area contributed by atoms with Crippen LogP contribution in [0.3, 0.4) is 0 Å². The zero-order valence-corrected chi connectivity index (χ0v) is 15.4. The lowest BCUT2D eigenvalue weighted by Crippen LogP contribution is -2.40. The smallest absolute Gasteiger partial charge is 0.228 e. The molecule has 5 nitrogen and oxygen atoms in total. The number of benzene rings is 1. The van der Waals surface area contributed by atoms with Crippen LogP contribution in [0.25, 0.3) is 11.0 Å². The highest BCUT2D eigenvalue weighted by Crippen LogP contribution is 2.28. The number of H-pyrrole nitrogens is 1. The van der Waals surface area contributed by atoms with Crippen LogP contribution in [0.4, 0.5) is 0 Å². The molecule has 25 heavy (non-hydrogen) atoms. The van der Waals surface area contributed by atoms with E-state index in [2.05, 4.69) is 29.0 Å². The van der Waals surface area contributed by atoms with Gasteiger partial charge in [0.1, 0.15) is 5.82 Å². The van der Waals surface area contributed by atoms with E-state index >= 15 is 0 Å². The lowest BCUT2D eigenvalue weighted by Gasteiger charge is -2.31. The monoisotopic (exact) mass is 354 g/mol.